The van der Waals surface area contributed by atoms with Crippen LogP contribution in [0.5, 0.6) is 0 Å². The van der Waals surface area contributed by atoms with Gasteiger partial charge in [-0.25, -0.2) is 4.98 Å². The SMILES string of the molecule is CCC(C)c1nc(N(C)Cc2csc(Br)c2)sc1CO. The third kappa shape index (κ3) is 3.61. The molecule has 110 valence electrons. The van der Waals surface area contributed by atoms with Crippen LogP contribution in [0.1, 0.15) is 42.3 Å². The van der Waals surface area contributed by atoms with Crippen LogP contribution in [-0.2, 0) is 13.2 Å². The van der Waals surface area contributed by atoms with Crippen molar-refractivity contribution in [2.45, 2.75) is 39.3 Å². The summed E-state index contributed by atoms with van der Waals surface area (Å²) in [6.45, 7) is 5.22. The molecule has 1 unspecified atom stereocenters. The molecule has 2 aromatic heterocycles. The molecule has 2 heterocycles. The van der Waals surface area contributed by atoms with Crippen molar-refractivity contribution in [2.75, 3.05) is 11.9 Å². The zero-order valence-corrected chi connectivity index (χ0v) is 15.1. The lowest BCUT2D eigenvalue weighted by Gasteiger charge is -2.14. The Morgan fingerprint density at radius 2 is 2.25 bits per heavy atom. The molecule has 1 atom stereocenters. The summed E-state index contributed by atoms with van der Waals surface area (Å²) in [6.07, 6.45) is 1.04. The van der Waals surface area contributed by atoms with Gasteiger partial charge >= 0.3 is 0 Å². The first-order valence-corrected chi connectivity index (χ1v) is 9.08. The molecule has 0 saturated heterocycles. The largest absolute Gasteiger partial charge is 0.391 e. The zero-order chi connectivity index (χ0) is 14.7. The molecule has 20 heavy (non-hydrogen) atoms. The number of halogens is 1. The van der Waals surface area contributed by atoms with E-state index in [4.69, 9.17) is 4.98 Å². The number of thiophene rings is 1. The number of rotatable bonds is 6. The Kier molecular flexibility index (Phi) is 5.60. The lowest BCUT2D eigenvalue weighted by molar-refractivity contribution is 0.283. The molecule has 3 nitrogen and oxygen atoms in total. The van der Waals surface area contributed by atoms with Gasteiger partial charge in [-0.05, 0) is 45.3 Å². The molecule has 2 rings (SSSR count). The molecule has 0 saturated carbocycles. The Hall–Kier alpha value is -0.430. The molecule has 0 fully saturated rings. The van der Waals surface area contributed by atoms with E-state index < -0.39 is 0 Å². The van der Waals surface area contributed by atoms with Gasteiger partial charge in [0.1, 0.15) is 0 Å². The van der Waals surface area contributed by atoms with Gasteiger partial charge in [0.2, 0.25) is 0 Å². The van der Waals surface area contributed by atoms with E-state index in [-0.39, 0.29) is 6.61 Å². The van der Waals surface area contributed by atoms with E-state index in [9.17, 15) is 5.11 Å². The molecule has 0 bridgehead atoms. The third-order valence-electron chi connectivity index (χ3n) is 3.31. The topological polar surface area (TPSA) is 36.4 Å². The van der Waals surface area contributed by atoms with Crippen molar-refractivity contribution in [2.24, 2.45) is 0 Å². The van der Waals surface area contributed by atoms with Crippen molar-refractivity contribution < 1.29 is 5.11 Å². The van der Waals surface area contributed by atoms with Crippen molar-refractivity contribution in [3.05, 3.63) is 31.4 Å². The summed E-state index contributed by atoms with van der Waals surface area (Å²) in [4.78, 5) is 7.87. The van der Waals surface area contributed by atoms with Crippen LogP contribution in [-0.4, -0.2) is 17.1 Å². The quantitative estimate of drug-likeness (QED) is 0.801. The highest BCUT2D eigenvalue weighted by atomic mass is 79.9. The molecule has 0 aliphatic rings. The van der Waals surface area contributed by atoms with Crippen LogP contribution in [0.2, 0.25) is 0 Å². The lowest BCUT2D eigenvalue weighted by atomic mass is 10.0. The van der Waals surface area contributed by atoms with Crippen LogP contribution in [0.3, 0.4) is 0 Å². The maximum absolute atomic E-state index is 9.50. The summed E-state index contributed by atoms with van der Waals surface area (Å²) in [6, 6.07) is 2.14. The molecule has 1 N–H and O–H groups in total. The second-order valence-electron chi connectivity index (χ2n) is 4.89. The van der Waals surface area contributed by atoms with Crippen LogP contribution in [0.25, 0.3) is 0 Å². The summed E-state index contributed by atoms with van der Waals surface area (Å²) in [5.41, 5.74) is 2.32. The summed E-state index contributed by atoms with van der Waals surface area (Å²) in [7, 11) is 2.05. The number of anilines is 1. The Morgan fingerprint density at radius 3 is 2.80 bits per heavy atom. The fourth-order valence-corrected chi connectivity index (χ4v) is 4.18. The Bertz CT molecular complexity index is 567. The van der Waals surface area contributed by atoms with Crippen LogP contribution in [0.15, 0.2) is 15.2 Å². The van der Waals surface area contributed by atoms with Gasteiger partial charge in [0, 0.05) is 13.6 Å². The highest BCUT2D eigenvalue weighted by Crippen LogP contribution is 2.32. The summed E-state index contributed by atoms with van der Waals surface area (Å²) >= 11 is 6.78. The van der Waals surface area contributed by atoms with E-state index in [1.165, 1.54) is 5.56 Å². The minimum atomic E-state index is 0.0786. The van der Waals surface area contributed by atoms with Crippen molar-refractivity contribution in [1.82, 2.24) is 4.98 Å². The molecule has 2 aromatic rings. The first-order chi connectivity index (χ1) is 9.55. The normalized spacial score (nSPS) is 12.7. The molecule has 0 amide bonds. The molecule has 0 aliphatic carbocycles. The number of aliphatic hydroxyl groups is 1. The van der Waals surface area contributed by atoms with E-state index in [1.807, 2.05) is 7.05 Å². The van der Waals surface area contributed by atoms with Crippen LogP contribution in [0, 0.1) is 0 Å². The van der Waals surface area contributed by atoms with Gasteiger partial charge in [-0.3, -0.25) is 0 Å². The van der Waals surface area contributed by atoms with E-state index >= 15 is 0 Å². The molecule has 0 radical (unpaired) electrons. The summed E-state index contributed by atoms with van der Waals surface area (Å²) in [5.74, 6) is 0.394. The Labute approximate surface area is 136 Å². The number of hydrogen-bond acceptors (Lipinski definition) is 5. The zero-order valence-electron chi connectivity index (χ0n) is 11.9. The van der Waals surface area contributed by atoms with E-state index in [0.29, 0.717) is 5.92 Å². The monoisotopic (exact) mass is 374 g/mol. The molecular formula is C14H19BrN2OS2. The van der Waals surface area contributed by atoms with Gasteiger partial charge < -0.3 is 10.0 Å². The number of aromatic nitrogens is 1. The predicted molar refractivity (Wildman–Crippen MR) is 90.9 cm³/mol. The maximum atomic E-state index is 9.50. The van der Waals surface area contributed by atoms with E-state index in [2.05, 4.69) is 46.1 Å². The highest BCUT2D eigenvalue weighted by molar-refractivity contribution is 9.11. The first-order valence-electron chi connectivity index (χ1n) is 6.59. The number of thiazole rings is 1. The fourth-order valence-electron chi connectivity index (χ4n) is 1.98. The smallest absolute Gasteiger partial charge is 0.185 e. The summed E-state index contributed by atoms with van der Waals surface area (Å²) in [5, 5.41) is 12.6. The fraction of sp³-hybridized carbons (Fsp3) is 0.500. The highest BCUT2D eigenvalue weighted by Gasteiger charge is 2.17. The van der Waals surface area contributed by atoms with E-state index in [1.54, 1.807) is 22.7 Å². The van der Waals surface area contributed by atoms with Gasteiger partial charge in [-0.2, -0.15) is 0 Å². The minimum Gasteiger partial charge on any atom is -0.391 e. The minimum absolute atomic E-state index is 0.0786. The maximum Gasteiger partial charge on any atom is 0.185 e. The second kappa shape index (κ2) is 7.02. The van der Waals surface area contributed by atoms with Crippen molar-refractivity contribution in [3.8, 4) is 0 Å². The van der Waals surface area contributed by atoms with Crippen molar-refractivity contribution in [3.63, 3.8) is 0 Å². The van der Waals surface area contributed by atoms with Gasteiger partial charge in [0.05, 0.1) is 21.0 Å². The number of hydrogen-bond donors (Lipinski definition) is 1. The predicted octanol–water partition coefficient (Wildman–Crippen LogP) is 4.61. The lowest BCUT2D eigenvalue weighted by Crippen LogP contribution is -2.15. The first kappa shape index (κ1) is 15.9. The molecular weight excluding hydrogens is 356 g/mol. The van der Waals surface area contributed by atoms with E-state index in [0.717, 1.165) is 32.5 Å². The van der Waals surface area contributed by atoms with Crippen LogP contribution < -0.4 is 4.90 Å². The molecule has 0 spiro atoms. The van der Waals surface area contributed by atoms with Gasteiger partial charge in [-0.15, -0.1) is 11.3 Å². The van der Waals surface area contributed by atoms with Crippen LogP contribution >= 0.6 is 38.6 Å². The number of nitrogens with zero attached hydrogens (tertiary/aromatic N) is 2. The van der Waals surface area contributed by atoms with Crippen molar-refractivity contribution >= 4 is 43.7 Å². The van der Waals surface area contributed by atoms with Gasteiger partial charge in [0.25, 0.3) is 0 Å². The Morgan fingerprint density at radius 1 is 1.50 bits per heavy atom. The van der Waals surface area contributed by atoms with Crippen LogP contribution in [0.4, 0.5) is 5.13 Å². The standard InChI is InChI=1S/C14H19BrN2OS2/c1-4-9(2)13-11(7-18)20-14(16-13)17(3)6-10-5-12(15)19-8-10/h5,8-9,18H,4,6-7H2,1-3H3. The van der Waals surface area contributed by atoms with Gasteiger partial charge in [-0.1, -0.05) is 25.2 Å². The van der Waals surface area contributed by atoms with Gasteiger partial charge in [0.15, 0.2) is 5.13 Å². The summed E-state index contributed by atoms with van der Waals surface area (Å²) < 4.78 is 1.15. The number of aliphatic hydroxyl groups excluding tert-OH is 1. The van der Waals surface area contributed by atoms with Crippen molar-refractivity contribution in [1.29, 1.82) is 0 Å². The average Bonchev–Trinajstić information content (AvgIpc) is 3.04. The molecule has 0 aliphatic heterocycles. The second-order valence-corrected chi connectivity index (χ2v) is 8.24. The third-order valence-corrected chi connectivity index (χ3v) is 6.03. The molecule has 6 heteroatoms. The molecule has 0 aromatic carbocycles. The Balaban J connectivity index is 2.17. The average molecular weight is 375 g/mol.